The number of phosphoric acid groups is 1. The second kappa shape index (κ2) is 10.7. The van der Waals surface area contributed by atoms with Crippen molar-refractivity contribution < 1.29 is 44.8 Å². The van der Waals surface area contributed by atoms with Crippen molar-refractivity contribution in [2.45, 2.75) is 51.5 Å². The van der Waals surface area contributed by atoms with Crippen LogP contribution in [0.2, 0.25) is 0 Å². The van der Waals surface area contributed by atoms with Crippen LogP contribution in [0.25, 0.3) is 0 Å². The van der Waals surface area contributed by atoms with E-state index < -0.39 is 37.5 Å². The fraction of sp³-hybridized carbons (Fsp3) is 0.733. The summed E-state index contributed by atoms with van der Waals surface area (Å²) in [7, 11) is -2.68. The Morgan fingerprint density at radius 3 is 2.74 bits per heavy atom. The number of H-pyrrole nitrogens is 1. The molecule has 1 aliphatic heterocycles. The van der Waals surface area contributed by atoms with Gasteiger partial charge in [-0.2, -0.15) is 0 Å². The molecule has 0 saturated carbocycles. The van der Waals surface area contributed by atoms with Crippen LogP contribution in [0.4, 0.5) is 0 Å². The number of hydrogen-bond donors (Lipinski definition) is 2. The number of aromatic amines is 1. The molecule has 2 rings (SSSR count). The van der Waals surface area contributed by atoms with Gasteiger partial charge in [-0.25, -0.2) is 9.36 Å². The Hall–Kier alpha value is -0.784. The molecule has 1 radical (unpaired) electrons. The molecule has 0 spiro atoms. The molecule has 27 heavy (non-hydrogen) atoms. The van der Waals surface area contributed by atoms with Gasteiger partial charge in [0.1, 0.15) is 6.10 Å². The maximum atomic E-state index is 12.0. The van der Waals surface area contributed by atoms with Gasteiger partial charge >= 0.3 is 13.5 Å². The van der Waals surface area contributed by atoms with E-state index in [4.69, 9.17) is 18.5 Å². The van der Waals surface area contributed by atoms with Crippen molar-refractivity contribution in [3.8, 4) is 0 Å². The van der Waals surface area contributed by atoms with Gasteiger partial charge in [-0.3, -0.25) is 23.4 Å². The zero-order chi connectivity index (χ0) is 19.3. The van der Waals surface area contributed by atoms with Gasteiger partial charge in [-0.05, 0) is 13.3 Å². The third-order valence-corrected chi connectivity index (χ3v) is 5.03. The van der Waals surface area contributed by atoms with Gasteiger partial charge in [-0.15, -0.1) is 0 Å². The van der Waals surface area contributed by atoms with Crippen molar-refractivity contribution in [1.29, 1.82) is 0 Å². The number of ether oxygens (including phenoxy) is 2. The molecule has 10 nitrogen and oxygen atoms in total. The van der Waals surface area contributed by atoms with Crippen LogP contribution in [0.15, 0.2) is 15.8 Å². The van der Waals surface area contributed by atoms with Gasteiger partial charge in [-0.1, -0.05) is 13.3 Å². The monoisotopic (exact) mass is 451 g/mol. The average molecular weight is 451 g/mol. The Kier molecular flexibility index (Phi) is 9.59. The molecule has 0 aromatic carbocycles. The van der Waals surface area contributed by atoms with Gasteiger partial charge in [0.2, 0.25) is 0 Å². The van der Waals surface area contributed by atoms with Crippen LogP contribution in [0.1, 0.15) is 38.0 Å². The molecule has 1 aromatic rings. The Morgan fingerprint density at radius 2 is 2.11 bits per heavy atom. The maximum absolute atomic E-state index is 12.0. The predicted octanol–water partition coefficient (Wildman–Crippen LogP) is 1.08. The third-order valence-electron chi connectivity index (χ3n) is 4.04. The molecule has 12 heteroatoms. The second-order valence-corrected chi connectivity index (χ2v) is 7.54. The molecule has 1 aromatic heterocycles. The van der Waals surface area contributed by atoms with Crippen molar-refractivity contribution in [3.05, 3.63) is 32.6 Å². The molecule has 1 fully saturated rings. The largest absolute Gasteiger partial charge is 0.472 e. The first-order valence-electron chi connectivity index (χ1n) is 8.39. The average Bonchev–Trinajstić information content (AvgIpc) is 3.00. The van der Waals surface area contributed by atoms with Crippen LogP contribution in [0, 0.1) is 6.92 Å². The number of phosphoric ester groups is 1. The minimum Gasteiger partial charge on any atom is -0.377 e. The smallest absolute Gasteiger partial charge is 0.377 e. The molecule has 1 unspecified atom stereocenters. The molecule has 1 saturated heterocycles. The number of aromatic nitrogens is 2. The Bertz CT molecular complexity index is 767. The summed E-state index contributed by atoms with van der Waals surface area (Å²) in [4.78, 5) is 35.4. The minimum atomic E-state index is -4.16. The second-order valence-electron chi connectivity index (χ2n) is 6.09. The van der Waals surface area contributed by atoms with Gasteiger partial charge in [0.25, 0.3) is 5.56 Å². The molecule has 2 heterocycles. The Morgan fingerprint density at radius 1 is 1.41 bits per heavy atom. The molecule has 157 valence electrons. The van der Waals surface area contributed by atoms with E-state index >= 15 is 0 Å². The van der Waals surface area contributed by atoms with E-state index in [1.165, 1.54) is 17.9 Å². The number of unbranched alkanes of at least 4 members (excludes halogenated alkanes) is 1. The van der Waals surface area contributed by atoms with E-state index in [1.54, 1.807) is 6.92 Å². The number of nitrogens with zero attached hydrogens (tertiary/aromatic N) is 1. The quantitative estimate of drug-likeness (QED) is 0.422. The van der Waals surface area contributed by atoms with Crippen LogP contribution in [-0.2, 0) is 39.9 Å². The summed E-state index contributed by atoms with van der Waals surface area (Å²) in [5.41, 5.74) is -0.736. The zero-order valence-electron chi connectivity index (χ0n) is 15.4. The number of methoxy groups -OCH3 is 1. The van der Waals surface area contributed by atoms with Crippen molar-refractivity contribution in [3.63, 3.8) is 0 Å². The molecule has 4 atom stereocenters. The molecule has 2 N–H and O–H groups in total. The summed E-state index contributed by atoms with van der Waals surface area (Å²) in [5.74, 6) is 0. The van der Waals surface area contributed by atoms with Gasteiger partial charge in [0.05, 0.1) is 19.3 Å². The summed E-state index contributed by atoms with van der Waals surface area (Å²) in [6.07, 6.45) is 1.39. The van der Waals surface area contributed by atoms with Gasteiger partial charge in [0.15, 0.2) is 6.23 Å². The number of aryl methyl sites for hydroxylation is 1. The van der Waals surface area contributed by atoms with E-state index in [9.17, 15) is 19.0 Å². The van der Waals surface area contributed by atoms with E-state index in [1.807, 2.05) is 6.92 Å². The van der Waals surface area contributed by atoms with E-state index in [0.29, 0.717) is 18.4 Å². The van der Waals surface area contributed by atoms with E-state index in [-0.39, 0.29) is 30.0 Å². The van der Waals surface area contributed by atoms with Crippen LogP contribution < -0.4 is 11.2 Å². The summed E-state index contributed by atoms with van der Waals surface area (Å²) in [6.45, 7) is 3.45. The van der Waals surface area contributed by atoms with Crippen molar-refractivity contribution in [2.24, 2.45) is 0 Å². The summed E-state index contributed by atoms with van der Waals surface area (Å²) >= 11 is 0. The molecule has 1 aliphatic rings. The fourth-order valence-corrected chi connectivity index (χ4v) is 3.38. The van der Waals surface area contributed by atoms with Crippen molar-refractivity contribution in [1.82, 2.24) is 9.55 Å². The summed E-state index contributed by atoms with van der Waals surface area (Å²) < 4.78 is 34.0. The summed E-state index contributed by atoms with van der Waals surface area (Å²) in [5, 5.41) is 0. The Balaban J connectivity index is 0.00000364. The van der Waals surface area contributed by atoms with Crippen LogP contribution in [0.3, 0.4) is 0 Å². The normalized spacial score (nSPS) is 24.4. The van der Waals surface area contributed by atoms with Crippen molar-refractivity contribution in [2.75, 3.05) is 20.3 Å². The molecule has 0 bridgehead atoms. The SMILES string of the molecule is CCCCOP(=O)(O)OC[C@H]1C[C@@H](OC)[C@H](n2cc(C)c(=O)[nH]c2=O)O1.[Co]. The molecular weight excluding hydrogens is 426 g/mol. The van der Waals surface area contributed by atoms with E-state index in [2.05, 4.69) is 4.98 Å². The third kappa shape index (κ3) is 6.65. The van der Waals surface area contributed by atoms with Gasteiger partial charge < -0.3 is 14.4 Å². The molecule has 0 amide bonds. The molecular formula is C15H25CoN2O8P. The van der Waals surface area contributed by atoms with Crippen LogP contribution in [0.5, 0.6) is 0 Å². The minimum absolute atomic E-state index is 0. The van der Waals surface area contributed by atoms with Crippen LogP contribution >= 0.6 is 7.82 Å². The first-order chi connectivity index (χ1) is 12.3. The van der Waals surface area contributed by atoms with E-state index in [0.717, 1.165) is 6.42 Å². The molecule has 0 aliphatic carbocycles. The topological polar surface area (TPSA) is 129 Å². The number of hydrogen-bond acceptors (Lipinski definition) is 7. The first-order valence-corrected chi connectivity index (χ1v) is 9.89. The number of rotatable bonds is 9. The van der Waals surface area contributed by atoms with Crippen molar-refractivity contribution >= 4 is 7.82 Å². The Labute approximate surface area is 167 Å². The maximum Gasteiger partial charge on any atom is 0.472 e. The zero-order valence-corrected chi connectivity index (χ0v) is 17.3. The fourth-order valence-electron chi connectivity index (χ4n) is 2.59. The first kappa shape index (κ1) is 24.3. The van der Waals surface area contributed by atoms with Crippen LogP contribution in [-0.4, -0.2) is 47.0 Å². The number of nitrogens with one attached hydrogen (secondary N) is 1. The predicted molar refractivity (Wildman–Crippen MR) is 92.0 cm³/mol. The summed E-state index contributed by atoms with van der Waals surface area (Å²) in [6, 6.07) is 0. The standard InChI is InChI=1S/C15H25N2O8P.Co/c1-4-5-6-23-26(20,21)24-9-11-7-12(22-3)14(25-11)17-8-10(2)13(18)16-15(17)19;/h8,11-12,14H,4-7,9H2,1-3H3,(H,20,21)(H,16,18,19);/t11-,12-,14-;/m1./s1. The van der Waals surface area contributed by atoms with Gasteiger partial charge in [0, 0.05) is 42.1 Å².